The Bertz CT molecular complexity index is 590. The van der Waals surface area contributed by atoms with Crippen LogP contribution in [0.4, 0.5) is 17.6 Å². The van der Waals surface area contributed by atoms with Gasteiger partial charge in [0.1, 0.15) is 11.6 Å². The first kappa shape index (κ1) is 13.4. The summed E-state index contributed by atoms with van der Waals surface area (Å²) in [6, 6.07) is 8.95. The lowest BCUT2D eigenvalue weighted by Crippen LogP contribution is -2.05. The molecule has 0 saturated heterocycles. The number of methoxy groups -OCH3 is 1. The van der Waals surface area contributed by atoms with Crippen LogP contribution in [0.1, 0.15) is 5.56 Å². The van der Waals surface area contributed by atoms with Gasteiger partial charge in [-0.1, -0.05) is 18.2 Å². The lowest BCUT2D eigenvalue weighted by atomic mass is 10.0. The van der Waals surface area contributed by atoms with Crippen molar-refractivity contribution in [3.05, 3.63) is 53.8 Å². The van der Waals surface area contributed by atoms with Crippen LogP contribution in [-0.4, -0.2) is 7.11 Å². The first-order chi connectivity index (χ1) is 8.91. The normalized spacial score (nSPS) is 11.4. The van der Waals surface area contributed by atoms with E-state index < -0.39 is 17.6 Å². The summed E-state index contributed by atoms with van der Waals surface area (Å²) < 4.78 is 56.1. The summed E-state index contributed by atoms with van der Waals surface area (Å²) in [5.74, 6) is -0.403. The summed E-state index contributed by atoms with van der Waals surface area (Å²) >= 11 is 0. The van der Waals surface area contributed by atoms with Crippen molar-refractivity contribution in [2.75, 3.05) is 7.11 Å². The van der Waals surface area contributed by atoms with E-state index in [9.17, 15) is 17.6 Å². The maximum Gasteiger partial charge on any atom is 0.416 e. The highest BCUT2D eigenvalue weighted by Crippen LogP contribution is 2.33. The molecule has 19 heavy (non-hydrogen) atoms. The van der Waals surface area contributed by atoms with Crippen LogP contribution in [0.3, 0.4) is 0 Å². The van der Waals surface area contributed by atoms with Crippen molar-refractivity contribution in [2.45, 2.75) is 6.18 Å². The van der Waals surface area contributed by atoms with Gasteiger partial charge in [0.25, 0.3) is 0 Å². The second-order valence-corrected chi connectivity index (χ2v) is 3.92. The van der Waals surface area contributed by atoms with Crippen molar-refractivity contribution in [3.8, 4) is 16.9 Å². The van der Waals surface area contributed by atoms with Gasteiger partial charge in [-0.2, -0.15) is 13.2 Å². The van der Waals surface area contributed by atoms with Crippen molar-refractivity contribution < 1.29 is 22.3 Å². The third kappa shape index (κ3) is 2.86. The number of rotatable bonds is 2. The zero-order valence-corrected chi connectivity index (χ0v) is 9.96. The van der Waals surface area contributed by atoms with Crippen molar-refractivity contribution in [1.82, 2.24) is 0 Å². The second-order valence-electron chi connectivity index (χ2n) is 3.92. The number of hydrogen-bond donors (Lipinski definition) is 0. The molecule has 0 fully saturated rings. The number of halogens is 4. The SMILES string of the molecule is COc1cccc(-c2ccc(C(F)(F)F)cc2F)c1. The Kier molecular flexibility index (Phi) is 3.46. The van der Waals surface area contributed by atoms with E-state index in [1.807, 2.05) is 0 Å². The quantitative estimate of drug-likeness (QED) is 0.729. The Morgan fingerprint density at radius 3 is 2.32 bits per heavy atom. The molecule has 2 aromatic carbocycles. The van der Waals surface area contributed by atoms with E-state index in [0.29, 0.717) is 17.4 Å². The molecule has 0 bridgehead atoms. The molecule has 2 rings (SSSR count). The molecule has 0 radical (unpaired) electrons. The first-order valence-electron chi connectivity index (χ1n) is 5.43. The van der Waals surface area contributed by atoms with Crippen LogP contribution in [0, 0.1) is 5.82 Å². The van der Waals surface area contributed by atoms with Crippen LogP contribution in [0.5, 0.6) is 5.75 Å². The molecule has 0 amide bonds. The van der Waals surface area contributed by atoms with Gasteiger partial charge < -0.3 is 4.74 Å². The number of alkyl halides is 3. The maximum absolute atomic E-state index is 13.8. The number of ether oxygens (including phenoxy) is 1. The van der Waals surface area contributed by atoms with Crippen LogP contribution >= 0.6 is 0 Å². The van der Waals surface area contributed by atoms with E-state index in [1.165, 1.54) is 7.11 Å². The molecule has 2 aromatic rings. The third-order valence-electron chi connectivity index (χ3n) is 2.68. The highest BCUT2D eigenvalue weighted by atomic mass is 19.4. The van der Waals surface area contributed by atoms with Gasteiger partial charge in [-0.25, -0.2) is 4.39 Å². The van der Waals surface area contributed by atoms with Crippen molar-refractivity contribution in [2.24, 2.45) is 0 Å². The van der Waals surface area contributed by atoms with E-state index in [4.69, 9.17) is 4.74 Å². The molecular formula is C14H10F4O. The summed E-state index contributed by atoms with van der Waals surface area (Å²) in [5.41, 5.74) is -0.436. The predicted molar refractivity (Wildman–Crippen MR) is 63.4 cm³/mol. The van der Waals surface area contributed by atoms with Gasteiger partial charge in [0.05, 0.1) is 12.7 Å². The molecule has 0 aliphatic rings. The highest BCUT2D eigenvalue weighted by molar-refractivity contribution is 5.66. The van der Waals surface area contributed by atoms with Crippen LogP contribution < -0.4 is 4.74 Å². The fourth-order valence-electron chi connectivity index (χ4n) is 1.72. The Hall–Kier alpha value is -2.04. The fraction of sp³-hybridized carbons (Fsp3) is 0.143. The molecule has 0 saturated carbocycles. The van der Waals surface area contributed by atoms with Crippen molar-refractivity contribution in [3.63, 3.8) is 0 Å². The van der Waals surface area contributed by atoms with E-state index in [1.54, 1.807) is 24.3 Å². The van der Waals surface area contributed by atoms with Gasteiger partial charge in [0.2, 0.25) is 0 Å². The van der Waals surface area contributed by atoms with Crippen LogP contribution in [-0.2, 0) is 6.18 Å². The molecule has 0 N–H and O–H groups in total. The molecule has 0 atom stereocenters. The molecule has 100 valence electrons. The average molecular weight is 270 g/mol. The lowest BCUT2D eigenvalue weighted by Gasteiger charge is -2.10. The third-order valence-corrected chi connectivity index (χ3v) is 2.68. The topological polar surface area (TPSA) is 9.23 Å². The minimum Gasteiger partial charge on any atom is -0.497 e. The molecule has 0 aliphatic carbocycles. The standard InChI is InChI=1S/C14H10F4O/c1-19-11-4-2-3-9(7-11)12-6-5-10(8-13(12)15)14(16,17)18/h2-8H,1H3. The summed E-state index contributed by atoms with van der Waals surface area (Å²) in [6.45, 7) is 0. The Morgan fingerprint density at radius 1 is 1.00 bits per heavy atom. The summed E-state index contributed by atoms with van der Waals surface area (Å²) in [4.78, 5) is 0. The number of hydrogen-bond acceptors (Lipinski definition) is 1. The highest BCUT2D eigenvalue weighted by Gasteiger charge is 2.31. The number of benzene rings is 2. The minimum absolute atomic E-state index is 0.104. The average Bonchev–Trinajstić information content (AvgIpc) is 2.37. The Labute approximate surface area is 107 Å². The second kappa shape index (κ2) is 4.91. The van der Waals surface area contributed by atoms with Gasteiger partial charge in [0, 0.05) is 5.56 Å². The van der Waals surface area contributed by atoms with E-state index in [2.05, 4.69) is 0 Å². The van der Waals surface area contributed by atoms with E-state index in [-0.39, 0.29) is 5.56 Å². The van der Waals surface area contributed by atoms with Gasteiger partial charge in [-0.3, -0.25) is 0 Å². The molecule has 0 unspecified atom stereocenters. The molecule has 0 heterocycles. The van der Waals surface area contributed by atoms with E-state index >= 15 is 0 Å². The largest absolute Gasteiger partial charge is 0.497 e. The lowest BCUT2D eigenvalue weighted by molar-refractivity contribution is -0.137. The molecule has 0 spiro atoms. The summed E-state index contributed by atoms with van der Waals surface area (Å²) in [6.07, 6.45) is -4.55. The molecule has 5 heteroatoms. The molecule has 1 nitrogen and oxygen atoms in total. The zero-order chi connectivity index (χ0) is 14.0. The summed E-state index contributed by atoms with van der Waals surface area (Å²) in [7, 11) is 1.46. The smallest absolute Gasteiger partial charge is 0.416 e. The monoisotopic (exact) mass is 270 g/mol. The maximum atomic E-state index is 13.8. The molecule has 0 aromatic heterocycles. The fourth-order valence-corrected chi connectivity index (χ4v) is 1.72. The van der Waals surface area contributed by atoms with Gasteiger partial charge in [-0.15, -0.1) is 0 Å². The van der Waals surface area contributed by atoms with Crippen molar-refractivity contribution >= 4 is 0 Å². The first-order valence-corrected chi connectivity index (χ1v) is 5.43. The van der Waals surface area contributed by atoms with Gasteiger partial charge in [-0.05, 0) is 29.8 Å². The Morgan fingerprint density at radius 2 is 1.74 bits per heavy atom. The van der Waals surface area contributed by atoms with Crippen LogP contribution in [0.25, 0.3) is 11.1 Å². The zero-order valence-electron chi connectivity index (χ0n) is 9.96. The molecule has 0 aliphatic heterocycles. The van der Waals surface area contributed by atoms with Crippen LogP contribution in [0.2, 0.25) is 0 Å². The van der Waals surface area contributed by atoms with Crippen molar-refractivity contribution in [1.29, 1.82) is 0 Å². The predicted octanol–water partition coefficient (Wildman–Crippen LogP) is 4.52. The summed E-state index contributed by atoms with van der Waals surface area (Å²) in [5, 5.41) is 0. The molecular weight excluding hydrogens is 260 g/mol. The van der Waals surface area contributed by atoms with Gasteiger partial charge in [0.15, 0.2) is 0 Å². The van der Waals surface area contributed by atoms with Crippen LogP contribution in [0.15, 0.2) is 42.5 Å². The van der Waals surface area contributed by atoms with E-state index in [0.717, 1.165) is 12.1 Å². The Balaban J connectivity index is 2.46. The van der Waals surface area contributed by atoms with Gasteiger partial charge >= 0.3 is 6.18 Å². The minimum atomic E-state index is -4.55.